The van der Waals surface area contributed by atoms with E-state index in [4.69, 9.17) is 0 Å². The fourth-order valence-electron chi connectivity index (χ4n) is 2.85. The Labute approximate surface area is 90.6 Å². The van der Waals surface area contributed by atoms with Crippen molar-refractivity contribution >= 4 is 6.03 Å². The number of aliphatic hydroxyl groups excluding tert-OH is 1. The van der Waals surface area contributed by atoms with E-state index in [0.29, 0.717) is 5.92 Å². The molecule has 3 atom stereocenters. The fourth-order valence-corrected chi connectivity index (χ4v) is 2.85. The zero-order valence-electron chi connectivity index (χ0n) is 9.28. The van der Waals surface area contributed by atoms with Crippen molar-refractivity contribution in [1.29, 1.82) is 0 Å². The van der Waals surface area contributed by atoms with Gasteiger partial charge in [0.15, 0.2) is 0 Å². The van der Waals surface area contributed by atoms with Crippen molar-refractivity contribution in [3.05, 3.63) is 0 Å². The fraction of sp³-hybridized carbons (Fsp3) is 0.909. The SMILES string of the molecule is CCC1CCC(O)CC1N1CCNC1=O. The molecule has 2 N–H and O–H groups in total. The number of carbonyl (C=O) groups excluding carboxylic acids is 1. The van der Waals surface area contributed by atoms with Crippen LogP contribution in [0.1, 0.15) is 32.6 Å². The van der Waals surface area contributed by atoms with E-state index in [-0.39, 0.29) is 18.2 Å². The molecular formula is C11H20N2O2. The van der Waals surface area contributed by atoms with Gasteiger partial charge in [0.25, 0.3) is 0 Å². The molecule has 1 aliphatic heterocycles. The standard InChI is InChI=1S/C11H20N2O2/c1-2-8-3-4-9(14)7-10(8)13-6-5-12-11(13)15/h8-10,14H,2-7H2,1H3,(H,12,15). The molecule has 2 rings (SSSR count). The van der Waals surface area contributed by atoms with Gasteiger partial charge in [0.2, 0.25) is 0 Å². The summed E-state index contributed by atoms with van der Waals surface area (Å²) in [5, 5.41) is 12.5. The van der Waals surface area contributed by atoms with Crippen LogP contribution in [-0.2, 0) is 0 Å². The molecule has 0 aromatic carbocycles. The first kappa shape index (κ1) is 10.7. The Morgan fingerprint density at radius 1 is 1.53 bits per heavy atom. The molecule has 0 radical (unpaired) electrons. The summed E-state index contributed by atoms with van der Waals surface area (Å²) in [6.45, 7) is 3.72. The minimum Gasteiger partial charge on any atom is -0.393 e. The molecule has 4 heteroatoms. The zero-order valence-corrected chi connectivity index (χ0v) is 9.28. The quantitative estimate of drug-likeness (QED) is 0.716. The van der Waals surface area contributed by atoms with Gasteiger partial charge in [-0.05, 0) is 25.2 Å². The average Bonchev–Trinajstić information content (AvgIpc) is 2.64. The summed E-state index contributed by atoms with van der Waals surface area (Å²) < 4.78 is 0. The molecule has 1 saturated carbocycles. The maximum Gasteiger partial charge on any atom is 0.317 e. The highest BCUT2D eigenvalue weighted by molar-refractivity contribution is 5.76. The topological polar surface area (TPSA) is 52.6 Å². The molecule has 1 saturated heterocycles. The Morgan fingerprint density at radius 3 is 2.93 bits per heavy atom. The lowest BCUT2D eigenvalue weighted by Gasteiger charge is -2.38. The van der Waals surface area contributed by atoms with Crippen LogP contribution in [-0.4, -0.2) is 41.3 Å². The average molecular weight is 212 g/mol. The molecule has 1 aliphatic carbocycles. The highest BCUT2D eigenvalue weighted by Crippen LogP contribution is 2.31. The second-order valence-corrected chi connectivity index (χ2v) is 4.63. The summed E-state index contributed by atoms with van der Waals surface area (Å²) >= 11 is 0. The first-order valence-electron chi connectivity index (χ1n) is 5.95. The monoisotopic (exact) mass is 212 g/mol. The highest BCUT2D eigenvalue weighted by atomic mass is 16.3. The molecule has 86 valence electrons. The molecule has 0 spiro atoms. The summed E-state index contributed by atoms with van der Waals surface area (Å²) in [6.07, 6.45) is 3.58. The lowest BCUT2D eigenvalue weighted by molar-refractivity contribution is 0.0479. The summed E-state index contributed by atoms with van der Waals surface area (Å²) in [6, 6.07) is 0.300. The summed E-state index contributed by atoms with van der Waals surface area (Å²) in [5.74, 6) is 0.567. The molecular weight excluding hydrogens is 192 g/mol. The molecule has 2 fully saturated rings. The van der Waals surface area contributed by atoms with Crippen molar-refractivity contribution in [3.8, 4) is 0 Å². The zero-order chi connectivity index (χ0) is 10.8. The number of rotatable bonds is 2. The number of urea groups is 1. The minimum absolute atomic E-state index is 0.0487. The van der Waals surface area contributed by atoms with Crippen LogP contribution in [0.4, 0.5) is 4.79 Å². The van der Waals surface area contributed by atoms with Crippen LogP contribution >= 0.6 is 0 Å². The molecule has 2 aliphatic rings. The minimum atomic E-state index is -0.216. The second-order valence-electron chi connectivity index (χ2n) is 4.63. The van der Waals surface area contributed by atoms with Crippen molar-refractivity contribution in [3.63, 3.8) is 0 Å². The maximum atomic E-state index is 11.6. The van der Waals surface area contributed by atoms with Gasteiger partial charge in [-0.2, -0.15) is 0 Å². The molecule has 2 amide bonds. The van der Waals surface area contributed by atoms with Crippen LogP contribution in [0.5, 0.6) is 0 Å². The van der Waals surface area contributed by atoms with Crippen molar-refractivity contribution in [2.24, 2.45) is 5.92 Å². The van der Waals surface area contributed by atoms with Gasteiger partial charge in [0.05, 0.1) is 6.10 Å². The van der Waals surface area contributed by atoms with Crippen LogP contribution in [0.3, 0.4) is 0 Å². The van der Waals surface area contributed by atoms with Crippen LogP contribution in [0, 0.1) is 5.92 Å². The third kappa shape index (κ3) is 2.09. The number of nitrogens with one attached hydrogen (secondary N) is 1. The smallest absolute Gasteiger partial charge is 0.317 e. The Morgan fingerprint density at radius 2 is 2.33 bits per heavy atom. The van der Waals surface area contributed by atoms with Gasteiger partial charge in [-0.3, -0.25) is 0 Å². The van der Waals surface area contributed by atoms with Crippen LogP contribution in [0.2, 0.25) is 0 Å². The largest absolute Gasteiger partial charge is 0.393 e. The number of aliphatic hydroxyl groups is 1. The van der Waals surface area contributed by atoms with E-state index in [1.807, 2.05) is 4.90 Å². The van der Waals surface area contributed by atoms with Crippen LogP contribution in [0.15, 0.2) is 0 Å². The number of amides is 2. The van der Waals surface area contributed by atoms with Gasteiger partial charge in [-0.15, -0.1) is 0 Å². The Kier molecular flexibility index (Phi) is 3.14. The van der Waals surface area contributed by atoms with Crippen LogP contribution in [0.25, 0.3) is 0 Å². The molecule has 4 nitrogen and oxygen atoms in total. The number of hydrogen-bond donors (Lipinski definition) is 2. The van der Waals surface area contributed by atoms with Gasteiger partial charge in [-0.1, -0.05) is 13.3 Å². The lowest BCUT2D eigenvalue weighted by atomic mass is 9.80. The van der Waals surface area contributed by atoms with Crippen molar-refractivity contribution in [2.45, 2.75) is 44.8 Å². The number of nitrogens with zero attached hydrogens (tertiary/aromatic N) is 1. The van der Waals surface area contributed by atoms with Crippen LogP contribution < -0.4 is 5.32 Å². The maximum absolute atomic E-state index is 11.6. The second kappa shape index (κ2) is 4.39. The number of carbonyl (C=O) groups is 1. The van der Waals surface area contributed by atoms with E-state index < -0.39 is 0 Å². The van der Waals surface area contributed by atoms with Gasteiger partial charge in [0.1, 0.15) is 0 Å². The molecule has 3 unspecified atom stereocenters. The first-order valence-corrected chi connectivity index (χ1v) is 5.95. The van der Waals surface area contributed by atoms with Crippen molar-refractivity contribution in [2.75, 3.05) is 13.1 Å². The van der Waals surface area contributed by atoms with Crippen molar-refractivity contribution in [1.82, 2.24) is 10.2 Å². The van der Waals surface area contributed by atoms with E-state index in [1.54, 1.807) is 0 Å². The Hall–Kier alpha value is -0.770. The lowest BCUT2D eigenvalue weighted by Crippen LogP contribution is -2.47. The summed E-state index contributed by atoms with van der Waals surface area (Å²) in [4.78, 5) is 13.5. The van der Waals surface area contributed by atoms with Gasteiger partial charge in [0, 0.05) is 19.1 Å². The predicted molar refractivity (Wildman–Crippen MR) is 57.5 cm³/mol. The van der Waals surface area contributed by atoms with E-state index >= 15 is 0 Å². The summed E-state index contributed by atoms with van der Waals surface area (Å²) in [7, 11) is 0. The third-order valence-corrected chi connectivity index (χ3v) is 3.74. The molecule has 0 aromatic heterocycles. The molecule has 15 heavy (non-hydrogen) atoms. The Bertz CT molecular complexity index is 245. The van der Waals surface area contributed by atoms with Crippen molar-refractivity contribution < 1.29 is 9.90 Å². The number of hydrogen-bond acceptors (Lipinski definition) is 2. The molecule has 0 bridgehead atoms. The van der Waals surface area contributed by atoms with Gasteiger partial charge in [-0.25, -0.2) is 4.79 Å². The van der Waals surface area contributed by atoms with E-state index in [0.717, 1.165) is 38.8 Å². The first-order chi connectivity index (χ1) is 7.22. The predicted octanol–water partition coefficient (Wildman–Crippen LogP) is 0.951. The van der Waals surface area contributed by atoms with Gasteiger partial charge >= 0.3 is 6.03 Å². The molecule has 1 heterocycles. The van der Waals surface area contributed by atoms with Gasteiger partial charge < -0.3 is 15.3 Å². The summed E-state index contributed by atoms with van der Waals surface area (Å²) in [5.41, 5.74) is 0. The van der Waals surface area contributed by atoms with E-state index in [9.17, 15) is 9.90 Å². The van der Waals surface area contributed by atoms with E-state index in [1.165, 1.54) is 0 Å². The highest BCUT2D eigenvalue weighted by Gasteiger charge is 2.36. The van der Waals surface area contributed by atoms with E-state index in [2.05, 4.69) is 12.2 Å². The molecule has 0 aromatic rings. The normalized spacial score (nSPS) is 36.8. The Balaban J connectivity index is 2.05. The third-order valence-electron chi connectivity index (χ3n) is 3.74.